The van der Waals surface area contributed by atoms with E-state index in [0.29, 0.717) is 18.1 Å². The van der Waals surface area contributed by atoms with Crippen LogP contribution in [0.1, 0.15) is 75.5 Å². The lowest BCUT2D eigenvalue weighted by atomic mass is 9.82. The van der Waals surface area contributed by atoms with E-state index in [2.05, 4.69) is 20.8 Å². The van der Waals surface area contributed by atoms with Gasteiger partial charge in [0.2, 0.25) is 5.78 Å². The quantitative estimate of drug-likeness (QED) is 0.511. The maximum atomic E-state index is 12.6. The summed E-state index contributed by atoms with van der Waals surface area (Å²) in [5.74, 6) is 0.00658. The number of aromatic nitrogens is 1. The first-order chi connectivity index (χ1) is 13.9. The van der Waals surface area contributed by atoms with Gasteiger partial charge in [0.1, 0.15) is 5.56 Å². The van der Waals surface area contributed by atoms with E-state index in [1.165, 1.54) is 6.07 Å². The third kappa shape index (κ3) is 4.21. The van der Waals surface area contributed by atoms with E-state index in [4.69, 9.17) is 9.47 Å². The maximum Gasteiger partial charge on any atom is 0.343 e. The third-order valence-electron chi connectivity index (χ3n) is 5.50. The minimum atomic E-state index is -0.610. The summed E-state index contributed by atoms with van der Waals surface area (Å²) >= 11 is 0. The van der Waals surface area contributed by atoms with Gasteiger partial charge in [-0.1, -0.05) is 27.2 Å². The topological polar surface area (TPSA) is 74.6 Å². The lowest BCUT2D eigenvalue weighted by molar-refractivity contribution is -0.118. The molecular weight excluding hydrogens is 370 g/mol. The molecule has 1 aliphatic carbocycles. The molecule has 156 valence electrons. The molecule has 1 atom stereocenters. The Hall–Kier alpha value is -2.63. The highest BCUT2D eigenvalue weighted by Crippen LogP contribution is 2.41. The van der Waals surface area contributed by atoms with Crippen molar-refractivity contribution in [2.45, 2.75) is 59.4 Å². The molecule has 0 N–H and O–H groups in total. The number of carbonyl (C=O) groups excluding carboxylic acids is 2. The molecule has 6 heteroatoms. The first kappa shape index (κ1) is 21.1. The lowest BCUT2D eigenvalue weighted by Gasteiger charge is -2.35. The molecule has 3 rings (SSSR count). The van der Waals surface area contributed by atoms with Crippen molar-refractivity contribution in [3.8, 4) is 0 Å². The highest BCUT2D eigenvalue weighted by molar-refractivity contribution is 6.04. The van der Waals surface area contributed by atoms with Crippen molar-refractivity contribution in [3.05, 3.63) is 51.2 Å². The van der Waals surface area contributed by atoms with Crippen LogP contribution < -0.4 is 5.43 Å². The number of carbonyl (C=O) groups is 2. The molecule has 0 fully saturated rings. The van der Waals surface area contributed by atoms with Gasteiger partial charge in [-0.2, -0.15) is 0 Å². The number of fused-ring (bicyclic) bond motifs is 2. The second-order valence-corrected chi connectivity index (χ2v) is 7.89. The molecule has 0 aromatic carbocycles. The van der Waals surface area contributed by atoms with E-state index in [1.807, 2.05) is 10.6 Å². The van der Waals surface area contributed by atoms with Gasteiger partial charge in [-0.05, 0) is 42.9 Å². The van der Waals surface area contributed by atoms with Crippen LogP contribution in [0.4, 0.5) is 0 Å². The number of Topliss-reactive ketones (excluding diaryl/α,β-unsaturated/α-hetero) is 1. The van der Waals surface area contributed by atoms with Crippen LogP contribution in [0.5, 0.6) is 0 Å². The molecule has 0 spiro atoms. The molecule has 0 radical (unpaired) electrons. The van der Waals surface area contributed by atoms with Gasteiger partial charge in [0.15, 0.2) is 11.2 Å². The van der Waals surface area contributed by atoms with E-state index in [0.717, 1.165) is 30.4 Å². The average Bonchev–Trinajstić information content (AvgIpc) is 2.68. The van der Waals surface area contributed by atoms with Gasteiger partial charge in [0.25, 0.3) is 0 Å². The fraction of sp³-hybridized carbons (Fsp3) is 0.522. The van der Waals surface area contributed by atoms with Crippen LogP contribution in [-0.4, -0.2) is 29.5 Å². The Kier molecular flexibility index (Phi) is 6.40. The number of pyridine rings is 1. The molecule has 0 amide bonds. The van der Waals surface area contributed by atoms with Crippen LogP contribution in [0.2, 0.25) is 0 Å². The number of hydrogen-bond acceptors (Lipinski definition) is 5. The Balaban J connectivity index is 2.07. The smallest absolute Gasteiger partial charge is 0.343 e. The van der Waals surface area contributed by atoms with Crippen molar-refractivity contribution in [3.63, 3.8) is 0 Å². The molecule has 2 aliphatic rings. The zero-order valence-corrected chi connectivity index (χ0v) is 17.6. The first-order valence-corrected chi connectivity index (χ1v) is 10.4. The Labute approximate surface area is 171 Å². The summed E-state index contributed by atoms with van der Waals surface area (Å²) in [5, 5.41) is 0. The molecule has 1 aromatic rings. The van der Waals surface area contributed by atoms with Crippen molar-refractivity contribution in [2.24, 2.45) is 5.92 Å². The van der Waals surface area contributed by atoms with Crippen LogP contribution in [0.15, 0.2) is 34.5 Å². The van der Waals surface area contributed by atoms with Gasteiger partial charge in [-0.15, -0.1) is 0 Å². The van der Waals surface area contributed by atoms with Crippen LogP contribution in [0, 0.1) is 5.92 Å². The van der Waals surface area contributed by atoms with Crippen molar-refractivity contribution in [2.75, 3.05) is 13.2 Å². The number of unbranched alkanes of at least 4 members (excludes halogenated alkanes) is 1. The first-order valence-electron chi connectivity index (χ1n) is 10.4. The van der Waals surface area contributed by atoms with Crippen molar-refractivity contribution < 1.29 is 19.1 Å². The lowest BCUT2D eigenvalue weighted by Crippen LogP contribution is -2.30. The van der Waals surface area contributed by atoms with Gasteiger partial charge >= 0.3 is 5.97 Å². The van der Waals surface area contributed by atoms with Crippen molar-refractivity contribution in [1.29, 1.82) is 0 Å². The normalized spacial score (nSPS) is 18.3. The van der Waals surface area contributed by atoms with Gasteiger partial charge in [-0.3, -0.25) is 9.59 Å². The van der Waals surface area contributed by atoms with Gasteiger partial charge in [0, 0.05) is 30.4 Å². The molecule has 0 saturated carbocycles. The molecule has 0 saturated heterocycles. The van der Waals surface area contributed by atoms with Crippen LogP contribution in [0.3, 0.4) is 0 Å². The van der Waals surface area contributed by atoms with Gasteiger partial charge in [0.05, 0.1) is 13.2 Å². The SMILES string of the molecule is CCCCOC1=CC2=C(CC1=O)c1cc(=O)c(C(=O)OCC)cn1C(C(C)C)C2. The minimum absolute atomic E-state index is 0.0339. The highest BCUT2D eigenvalue weighted by atomic mass is 16.5. The number of hydrogen-bond donors (Lipinski definition) is 0. The maximum absolute atomic E-state index is 12.6. The molecular formula is C23H29NO5. The predicted molar refractivity (Wildman–Crippen MR) is 111 cm³/mol. The average molecular weight is 399 g/mol. The third-order valence-corrected chi connectivity index (χ3v) is 5.50. The second kappa shape index (κ2) is 8.80. The Morgan fingerprint density at radius 3 is 2.69 bits per heavy atom. The highest BCUT2D eigenvalue weighted by Gasteiger charge is 2.33. The van der Waals surface area contributed by atoms with Crippen molar-refractivity contribution in [1.82, 2.24) is 4.57 Å². The summed E-state index contributed by atoms with van der Waals surface area (Å²) < 4.78 is 12.7. The Bertz CT molecular complexity index is 935. The van der Waals surface area contributed by atoms with E-state index in [1.54, 1.807) is 13.1 Å². The monoisotopic (exact) mass is 399 g/mol. The number of esters is 1. The number of allylic oxidation sites excluding steroid dienone is 4. The van der Waals surface area contributed by atoms with E-state index >= 15 is 0 Å². The number of ether oxygens (including phenoxy) is 2. The fourth-order valence-electron chi connectivity index (χ4n) is 3.88. The molecule has 0 bridgehead atoms. The second-order valence-electron chi connectivity index (χ2n) is 7.89. The Morgan fingerprint density at radius 2 is 2.03 bits per heavy atom. The number of ketones is 1. The largest absolute Gasteiger partial charge is 0.490 e. The van der Waals surface area contributed by atoms with Crippen LogP contribution in [-0.2, 0) is 14.3 Å². The summed E-state index contributed by atoms with van der Waals surface area (Å²) in [6.45, 7) is 8.75. The van der Waals surface area contributed by atoms with E-state index in [-0.39, 0.29) is 41.8 Å². The summed E-state index contributed by atoms with van der Waals surface area (Å²) in [6, 6.07) is 1.54. The van der Waals surface area contributed by atoms with Crippen LogP contribution >= 0.6 is 0 Å². The zero-order valence-electron chi connectivity index (χ0n) is 17.6. The molecule has 6 nitrogen and oxygen atoms in total. The molecule has 1 aliphatic heterocycles. The van der Waals surface area contributed by atoms with Crippen LogP contribution in [0.25, 0.3) is 5.57 Å². The number of nitrogens with zero attached hydrogens (tertiary/aromatic N) is 1. The molecule has 29 heavy (non-hydrogen) atoms. The number of rotatable bonds is 7. The summed E-state index contributed by atoms with van der Waals surface area (Å²) in [6.07, 6.45) is 6.28. The molecule has 2 heterocycles. The molecule has 1 unspecified atom stereocenters. The van der Waals surface area contributed by atoms with E-state index in [9.17, 15) is 14.4 Å². The van der Waals surface area contributed by atoms with Crippen molar-refractivity contribution >= 4 is 17.3 Å². The van der Waals surface area contributed by atoms with Gasteiger partial charge in [-0.25, -0.2) is 4.79 Å². The summed E-state index contributed by atoms with van der Waals surface area (Å²) in [7, 11) is 0. The van der Waals surface area contributed by atoms with E-state index < -0.39 is 5.97 Å². The summed E-state index contributed by atoms with van der Waals surface area (Å²) in [5.41, 5.74) is 2.25. The minimum Gasteiger partial charge on any atom is -0.490 e. The van der Waals surface area contributed by atoms with Gasteiger partial charge < -0.3 is 14.0 Å². The molecule has 1 aromatic heterocycles. The predicted octanol–water partition coefficient (Wildman–Crippen LogP) is 4.05. The standard InChI is InChI=1S/C23H29NO5/c1-5-7-8-29-22-10-15-9-18(14(3)4)24-13-17(23(27)28-6-2)20(25)12-19(24)16(15)11-21(22)26/h10,12-14,18H,5-9,11H2,1-4H3. The zero-order chi connectivity index (χ0) is 21.1. The summed E-state index contributed by atoms with van der Waals surface area (Å²) in [4.78, 5) is 37.4. The fourth-order valence-corrected chi connectivity index (χ4v) is 3.88. The Morgan fingerprint density at radius 1 is 1.28 bits per heavy atom.